The molecule has 0 saturated carbocycles. The lowest BCUT2D eigenvalue weighted by Crippen LogP contribution is -2.18. The Morgan fingerprint density at radius 3 is 2.43 bits per heavy atom. The number of anilines is 2. The molecule has 1 atom stereocenters. The van der Waals surface area contributed by atoms with Gasteiger partial charge in [0.1, 0.15) is 10.7 Å². The first kappa shape index (κ1) is 24.6. The Labute approximate surface area is 213 Å². The standard InChI is InChI=1S/C26H19ClF3N3O4/c1-13(31-19-6-7-21(27)32-23(19)25(35)36)17-8-16(26(28,29)30)9-18-20(34)10-22(37-24(17)18)33-11-14-4-2-3-5-15(14)12-33/h2-10,13,31H,11-12H2,1H3,(H,35,36)/t13-/m1/s1. The average Bonchev–Trinajstić information content (AvgIpc) is 3.28. The third-order valence-electron chi connectivity index (χ3n) is 6.23. The van der Waals surface area contributed by atoms with E-state index in [-0.39, 0.29) is 33.3 Å². The minimum Gasteiger partial charge on any atom is -0.476 e. The Hall–Kier alpha value is -4.05. The van der Waals surface area contributed by atoms with Crippen LogP contribution in [0.2, 0.25) is 5.15 Å². The predicted octanol–water partition coefficient (Wildman–Crippen LogP) is 6.25. The van der Waals surface area contributed by atoms with Gasteiger partial charge in [0.05, 0.1) is 22.7 Å². The molecule has 2 aromatic heterocycles. The van der Waals surface area contributed by atoms with Crippen LogP contribution in [-0.2, 0) is 19.3 Å². The predicted molar refractivity (Wildman–Crippen MR) is 132 cm³/mol. The summed E-state index contributed by atoms with van der Waals surface area (Å²) in [6.45, 7) is 2.49. The van der Waals surface area contributed by atoms with E-state index in [9.17, 15) is 27.9 Å². The van der Waals surface area contributed by atoms with Gasteiger partial charge in [0.2, 0.25) is 5.88 Å². The first-order chi connectivity index (χ1) is 17.5. The summed E-state index contributed by atoms with van der Waals surface area (Å²) in [4.78, 5) is 30.3. The number of alkyl halides is 3. The van der Waals surface area contributed by atoms with Crippen molar-refractivity contribution in [2.75, 3.05) is 10.2 Å². The molecule has 37 heavy (non-hydrogen) atoms. The number of carbonyl (C=O) groups is 1. The summed E-state index contributed by atoms with van der Waals surface area (Å²) in [6, 6.07) is 12.4. The Balaban J connectivity index is 1.63. The Morgan fingerprint density at radius 1 is 1.14 bits per heavy atom. The Bertz CT molecular complexity index is 1580. The number of halogens is 4. The molecular formula is C26H19ClF3N3O4. The second kappa shape index (κ2) is 9.11. The number of hydrogen-bond acceptors (Lipinski definition) is 6. The summed E-state index contributed by atoms with van der Waals surface area (Å²) >= 11 is 5.81. The SMILES string of the molecule is C[C@@H](Nc1ccc(Cl)nc1C(=O)O)c1cc(C(F)(F)F)cc2c(=O)cc(N3Cc4ccccc4C3)oc12. The van der Waals surface area contributed by atoms with Gasteiger partial charge in [0, 0.05) is 24.7 Å². The second-order valence-electron chi connectivity index (χ2n) is 8.71. The minimum absolute atomic E-state index is 0.0229. The fraction of sp³-hybridized carbons (Fsp3) is 0.192. The first-order valence-corrected chi connectivity index (χ1v) is 11.6. The van der Waals surface area contributed by atoms with Crippen molar-refractivity contribution in [1.29, 1.82) is 0 Å². The van der Waals surface area contributed by atoms with Crippen LogP contribution >= 0.6 is 11.6 Å². The number of nitrogens with one attached hydrogen (secondary N) is 1. The molecule has 1 aliphatic heterocycles. The molecule has 0 spiro atoms. The summed E-state index contributed by atoms with van der Waals surface area (Å²) in [5, 5.41) is 12.1. The number of aromatic nitrogens is 1. The van der Waals surface area contributed by atoms with Crippen LogP contribution in [0.15, 0.2) is 63.8 Å². The van der Waals surface area contributed by atoms with Crippen LogP contribution in [0.5, 0.6) is 0 Å². The number of rotatable bonds is 5. The molecular weight excluding hydrogens is 511 g/mol. The van der Waals surface area contributed by atoms with Gasteiger partial charge in [-0.3, -0.25) is 4.79 Å². The highest BCUT2D eigenvalue weighted by atomic mass is 35.5. The molecule has 2 N–H and O–H groups in total. The molecule has 0 unspecified atom stereocenters. The monoisotopic (exact) mass is 529 g/mol. The van der Waals surface area contributed by atoms with E-state index >= 15 is 0 Å². The number of hydrogen-bond donors (Lipinski definition) is 2. The van der Waals surface area contributed by atoms with Crippen molar-refractivity contribution in [2.24, 2.45) is 0 Å². The van der Waals surface area contributed by atoms with E-state index in [2.05, 4.69) is 10.3 Å². The maximum Gasteiger partial charge on any atom is 0.416 e. The third-order valence-corrected chi connectivity index (χ3v) is 6.44. The lowest BCUT2D eigenvalue weighted by Gasteiger charge is -2.21. The van der Waals surface area contributed by atoms with Crippen LogP contribution in [0.25, 0.3) is 11.0 Å². The Kier molecular flexibility index (Phi) is 6.07. The molecule has 0 amide bonds. The van der Waals surface area contributed by atoms with Crippen molar-refractivity contribution < 1.29 is 27.5 Å². The normalized spacial score (nSPS) is 14.0. The van der Waals surface area contributed by atoms with Crippen molar-refractivity contribution in [2.45, 2.75) is 32.2 Å². The number of nitrogens with zero attached hydrogens (tertiary/aromatic N) is 2. The molecule has 4 aromatic rings. The van der Waals surface area contributed by atoms with Gasteiger partial charge in [-0.2, -0.15) is 13.2 Å². The average molecular weight is 530 g/mol. The molecule has 0 radical (unpaired) electrons. The quantitative estimate of drug-likeness (QED) is 0.295. The van der Waals surface area contributed by atoms with Gasteiger partial charge in [-0.1, -0.05) is 35.9 Å². The zero-order valence-corrected chi connectivity index (χ0v) is 20.0. The number of pyridine rings is 1. The summed E-state index contributed by atoms with van der Waals surface area (Å²) in [7, 11) is 0. The maximum atomic E-state index is 13.7. The van der Waals surface area contributed by atoms with Gasteiger partial charge in [-0.05, 0) is 42.3 Å². The molecule has 7 nitrogen and oxygen atoms in total. The third kappa shape index (κ3) is 4.72. The van der Waals surface area contributed by atoms with E-state index in [0.717, 1.165) is 23.3 Å². The summed E-state index contributed by atoms with van der Waals surface area (Å²) in [5.41, 5.74) is 0.137. The number of aromatic carboxylic acids is 1. The molecule has 0 bridgehead atoms. The van der Waals surface area contributed by atoms with Gasteiger partial charge >= 0.3 is 12.1 Å². The van der Waals surface area contributed by atoms with E-state index < -0.39 is 34.9 Å². The van der Waals surface area contributed by atoms with Crippen molar-refractivity contribution >= 4 is 40.1 Å². The van der Waals surface area contributed by atoms with Crippen LogP contribution in [0, 0.1) is 0 Å². The van der Waals surface area contributed by atoms with E-state index in [1.165, 1.54) is 25.1 Å². The second-order valence-corrected chi connectivity index (χ2v) is 9.10. The van der Waals surface area contributed by atoms with Gasteiger partial charge in [0.15, 0.2) is 11.1 Å². The molecule has 1 aliphatic rings. The van der Waals surface area contributed by atoms with Crippen LogP contribution in [0.4, 0.5) is 24.7 Å². The van der Waals surface area contributed by atoms with Crippen molar-refractivity contribution in [3.8, 4) is 0 Å². The highest BCUT2D eigenvalue weighted by molar-refractivity contribution is 6.29. The maximum absolute atomic E-state index is 13.7. The van der Waals surface area contributed by atoms with Crippen LogP contribution in [0.3, 0.4) is 0 Å². The summed E-state index contributed by atoms with van der Waals surface area (Å²) < 4.78 is 47.3. The fourth-order valence-electron chi connectivity index (χ4n) is 4.43. The molecule has 0 fully saturated rings. The molecule has 2 aromatic carbocycles. The molecule has 5 rings (SSSR count). The first-order valence-electron chi connectivity index (χ1n) is 11.2. The van der Waals surface area contributed by atoms with E-state index in [4.69, 9.17) is 16.0 Å². The number of carboxylic acid groups (broad SMARTS) is 1. The van der Waals surface area contributed by atoms with Gasteiger partial charge in [-0.15, -0.1) is 0 Å². The number of benzene rings is 2. The van der Waals surface area contributed by atoms with E-state index in [0.29, 0.717) is 13.1 Å². The number of fused-ring (bicyclic) bond motifs is 2. The fourth-order valence-corrected chi connectivity index (χ4v) is 4.58. The molecule has 0 aliphatic carbocycles. The topological polar surface area (TPSA) is 95.7 Å². The summed E-state index contributed by atoms with van der Waals surface area (Å²) in [5.74, 6) is -1.14. The van der Waals surface area contributed by atoms with Crippen molar-refractivity contribution in [1.82, 2.24) is 4.98 Å². The molecule has 190 valence electrons. The molecule has 11 heteroatoms. The van der Waals surface area contributed by atoms with E-state index in [1.807, 2.05) is 29.2 Å². The zero-order chi connectivity index (χ0) is 26.5. The lowest BCUT2D eigenvalue weighted by molar-refractivity contribution is -0.137. The van der Waals surface area contributed by atoms with Crippen molar-refractivity contribution in [3.63, 3.8) is 0 Å². The van der Waals surface area contributed by atoms with E-state index in [1.54, 1.807) is 0 Å². The van der Waals surface area contributed by atoms with Gasteiger partial charge in [-0.25, -0.2) is 9.78 Å². The van der Waals surface area contributed by atoms with Crippen LogP contribution in [0.1, 0.15) is 45.7 Å². The highest BCUT2D eigenvalue weighted by Crippen LogP contribution is 2.37. The number of carboxylic acids is 1. The van der Waals surface area contributed by atoms with Crippen LogP contribution < -0.4 is 15.6 Å². The largest absolute Gasteiger partial charge is 0.476 e. The zero-order valence-electron chi connectivity index (χ0n) is 19.3. The Morgan fingerprint density at radius 2 is 1.81 bits per heavy atom. The van der Waals surface area contributed by atoms with Crippen LogP contribution in [-0.4, -0.2) is 16.1 Å². The smallest absolute Gasteiger partial charge is 0.416 e. The lowest BCUT2D eigenvalue weighted by atomic mass is 10.00. The minimum atomic E-state index is -4.72. The van der Waals surface area contributed by atoms with Gasteiger partial charge in [0.25, 0.3) is 0 Å². The van der Waals surface area contributed by atoms with Gasteiger partial charge < -0.3 is 19.7 Å². The van der Waals surface area contributed by atoms with Crippen molar-refractivity contribution in [3.05, 3.63) is 97.9 Å². The summed E-state index contributed by atoms with van der Waals surface area (Å²) in [6.07, 6.45) is -4.72. The molecule has 3 heterocycles. The molecule has 0 saturated heterocycles. The highest BCUT2D eigenvalue weighted by Gasteiger charge is 2.33.